The lowest BCUT2D eigenvalue weighted by molar-refractivity contribution is -0.101. The van der Waals surface area contributed by atoms with E-state index in [4.69, 9.17) is 10.00 Å². The molecule has 0 aromatic heterocycles. The van der Waals surface area contributed by atoms with Crippen LogP contribution in [-0.2, 0) is 4.74 Å². The van der Waals surface area contributed by atoms with Crippen LogP contribution in [0.25, 0.3) is 0 Å². The van der Waals surface area contributed by atoms with Crippen LogP contribution in [0.15, 0.2) is 18.2 Å². The maximum Gasteiger partial charge on any atom is 0.147 e. The highest BCUT2D eigenvalue weighted by molar-refractivity contribution is 5.52. The number of aliphatic hydroxyl groups is 1. The zero-order valence-electron chi connectivity index (χ0n) is 11.1. The van der Waals surface area contributed by atoms with Crippen molar-refractivity contribution in [2.24, 2.45) is 0 Å². The Morgan fingerprint density at radius 1 is 1.58 bits per heavy atom. The van der Waals surface area contributed by atoms with Gasteiger partial charge in [-0.25, -0.2) is 4.39 Å². The average Bonchev–Trinajstić information content (AvgIpc) is 2.36. The summed E-state index contributed by atoms with van der Waals surface area (Å²) in [6, 6.07) is 6.33. The summed E-state index contributed by atoms with van der Waals surface area (Å²) < 4.78 is 19.7. The first kappa shape index (κ1) is 13.8. The van der Waals surface area contributed by atoms with Crippen molar-refractivity contribution in [1.82, 2.24) is 0 Å². The molecule has 1 aromatic rings. The van der Waals surface area contributed by atoms with Gasteiger partial charge in [0, 0.05) is 13.1 Å². The second kappa shape index (κ2) is 5.16. The van der Waals surface area contributed by atoms with Gasteiger partial charge in [0.25, 0.3) is 0 Å². The van der Waals surface area contributed by atoms with E-state index in [0.717, 1.165) is 0 Å². The Bertz CT molecular complexity index is 511. The van der Waals surface area contributed by atoms with Crippen molar-refractivity contribution in [3.05, 3.63) is 29.6 Å². The minimum atomic E-state index is -0.452. The number of nitriles is 1. The summed E-state index contributed by atoms with van der Waals surface area (Å²) >= 11 is 0. The van der Waals surface area contributed by atoms with Gasteiger partial charge in [-0.1, -0.05) is 0 Å². The molecule has 1 aliphatic heterocycles. The summed E-state index contributed by atoms with van der Waals surface area (Å²) in [5, 5.41) is 18.0. The van der Waals surface area contributed by atoms with Crippen LogP contribution >= 0.6 is 0 Å². The molecule has 1 aromatic carbocycles. The molecule has 1 fully saturated rings. The number of benzene rings is 1. The number of halogens is 1. The molecule has 0 spiro atoms. The van der Waals surface area contributed by atoms with Crippen LogP contribution in [0.4, 0.5) is 10.1 Å². The third kappa shape index (κ3) is 3.03. The Hall–Kier alpha value is -1.64. The topological polar surface area (TPSA) is 56.5 Å². The van der Waals surface area contributed by atoms with Crippen molar-refractivity contribution in [3.8, 4) is 6.07 Å². The van der Waals surface area contributed by atoms with E-state index in [1.165, 1.54) is 6.07 Å². The molecule has 1 aliphatic rings. The Balaban J connectivity index is 2.28. The first-order valence-corrected chi connectivity index (χ1v) is 6.18. The van der Waals surface area contributed by atoms with Gasteiger partial charge in [-0.05, 0) is 32.0 Å². The van der Waals surface area contributed by atoms with E-state index in [9.17, 15) is 9.50 Å². The van der Waals surface area contributed by atoms with Crippen molar-refractivity contribution < 1.29 is 14.2 Å². The van der Waals surface area contributed by atoms with Gasteiger partial charge in [0.1, 0.15) is 5.82 Å². The van der Waals surface area contributed by atoms with Crippen LogP contribution in [0, 0.1) is 17.1 Å². The zero-order valence-corrected chi connectivity index (χ0v) is 11.1. The van der Waals surface area contributed by atoms with Crippen LogP contribution in [0.2, 0.25) is 0 Å². The highest BCUT2D eigenvalue weighted by atomic mass is 19.1. The standard InChI is InChI=1S/C14H17FN2O2/c1-14(2)9-17(7-11(8-18)19-14)13-4-3-10(6-16)5-12(13)15/h3-5,11,18H,7-9H2,1-2H3. The quantitative estimate of drug-likeness (QED) is 0.883. The van der Waals surface area contributed by atoms with E-state index in [1.54, 1.807) is 12.1 Å². The maximum atomic E-state index is 14.0. The van der Waals surface area contributed by atoms with E-state index in [0.29, 0.717) is 24.3 Å². The number of hydrogen-bond donors (Lipinski definition) is 1. The highest BCUT2D eigenvalue weighted by Gasteiger charge is 2.34. The number of nitrogens with zero attached hydrogens (tertiary/aromatic N) is 2. The van der Waals surface area contributed by atoms with Gasteiger partial charge in [0.15, 0.2) is 0 Å². The number of rotatable bonds is 2. The monoisotopic (exact) mass is 264 g/mol. The summed E-state index contributed by atoms with van der Waals surface area (Å²) in [5.41, 5.74) is 0.285. The largest absolute Gasteiger partial charge is 0.394 e. The SMILES string of the molecule is CC1(C)CN(c2ccc(C#N)cc2F)CC(CO)O1. The molecular formula is C14H17FN2O2. The minimum absolute atomic E-state index is 0.0994. The summed E-state index contributed by atoms with van der Waals surface area (Å²) in [4.78, 5) is 1.85. The Morgan fingerprint density at radius 2 is 2.32 bits per heavy atom. The zero-order chi connectivity index (χ0) is 14.0. The third-order valence-corrected chi connectivity index (χ3v) is 3.10. The van der Waals surface area contributed by atoms with Crippen molar-refractivity contribution >= 4 is 5.69 Å². The first-order valence-electron chi connectivity index (χ1n) is 6.18. The molecule has 1 heterocycles. The molecular weight excluding hydrogens is 247 g/mol. The predicted molar refractivity (Wildman–Crippen MR) is 69.4 cm³/mol. The molecule has 1 N–H and O–H groups in total. The normalized spacial score (nSPS) is 22.1. The number of anilines is 1. The Kier molecular flexibility index (Phi) is 3.74. The molecule has 1 saturated heterocycles. The molecule has 1 unspecified atom stereocenters. The van der Waals surface area contributed by atoms with Gasteiger partial charge in [-0.2, -0.15) is 5.26 Å². The lowest BCUT2D eigenvalue weighted by atomic mass is 10.0. The Labute approximate surface area is 112 Å². The molecule has 1 atom stereocenters. The van der Waals surface area contributed by atoms with Gasteiger partial charge >= 0.3 is 0 Å². The van der Waals surface area contributed by atoms with Gasteiger partial charge < -0.3 is 14.7 Å². The number of aliphatic hydroxyl groups excluding tert-OH is 1. The lowest BCUT2D eigenvalue weighted by Crippen LogP contribution is -2.54. The van der Waals surface area contributed by atoms with E-state index in [1.807, 2.05) is 24.8 Å². The van der Waals surface area contributed by atoms with Crippen molar-refractivity contribution in [2.75, 3.05) is 24.6 Å². The van der Waals surface area contributed by atoms with Gasteiger partial charge in [0.2, 0.25) is 0 Å². The summed E-state index contributed by atoms with van der Waals surface area (Å²) in [7, 11) is 0. The Morgan fingerprint density at radius 3 is 2.89 bits per heavy atom. The van der Waals surface area contributed by atoms with Crippen LogP contribution < -0.4 is 4.90 Å². The molecule has 102 valence electrons. The van der Waals surface area contributed by atoms with E-state index >= 15 is 0 Å². The van der Waals surface area contributed by atoms with Crippen LogP contribution in [0.5, 0.6) is 0 Å². The summed E-state index contributed by atoms with van der Waals surface area (Å²) in [5.74, 6) is -0.423. The highest BCUT2D eigenvalue weighted by Crippen LogP contribution is 2.28. The van der Waals surface area contributed by atoms with Crippen LogP contribution in [0.3, 0.4) is 0 Å². The molecule has 0 saturated carbocycles. The molecule has 2 rings (SSSR count). The van der Waals surface area contributed by atoms with E-state index in [-0.39, 0.29) is 12.7 Å². The molecule has 0 amide bonds. The lowest BCUT2D eigenvalue weighted by Gasteiger charge is -2.43. The fourth-order valence-corrected chi connectivity index (χ4v) is 2.41. The minimum Gasteiger partial charge on any atom is -0.394 e. The molecule has 5 heteroatoms. The average molecular weight is 264 g/mol. The number of morpholine rings is 1. The van der Waals surface area contributed by atoms with Crippen LogP contribution in [0.1, 0.15) is 19.4 Å². The first-order chi connectivity index (χ1) is 8.95. The van der Waals surface area contributed by atoms with Crippen molar-refractivity contribution in [2.45, 2.75) is 25.6 Å². The fraction of sp³-hybridized carbons (Fsp3) is 0.500. The second-order valence-corrected chi connectivity index (χ2v) is 5.34. The maximum absolute atomic E-state index is 14.0. The number of hydrogen-bond acceptors (Lipinski definition) is 4. The molecule has 19 heavy (non-hydrogen) atoms. The predicted octanol–water partition coefficient (Wildman–Crippen LogP) is 1.67. The number of ether oxygens (including phenoxy) is 1. The molecule has 4 nitrogen and oxygen atoms in total. The van der Waals surface area contributed by atoms with Gasteiger partial charge in [0.05, 0.1) is 35.6 Å². The molecule has 0 radical (unpaired) electrons. The molecule has 0 bridgehead atoms. The molecule has 0 aliphatic carbocycles. The van der Waals surface area contributed by atoms with E-state index < -0.39 is 11.4 Å². The third-order valence-electron chi connectivity index (χ3n) is 3.10. The van der Waals surface area contributed by atoms with Crippen LogP contribution in [-0.4, -0.2) is 36.5 Å². The smallest absolute Gasteiger partial charge is 0.147 e. The fourth-order valence-electron chi connectivity index (χ4n) is 2.41. The summed E-state index contributed by atoms with van der Waals surface area (Å²) in [6.45, 7) is 4.68. The van der Waals surface area contributed by atoms with Crippen molar-refractivity contribution in [1.29, 1.82) is 5.26 Å². The second-order valence-electron chi connectivity index (χ2n) is 5.34. The van der Waals surface area contributed by atoms with E-state index in [2.05, 4.69) is 0 Å². The van der Waals surface area contributed by atoms with Crippen molar-refractivity contribution in [3.63, 3.8) is 0 Å². The van der Waals surface area contributed by atoms with Gasteiger partial charge in [-0.3, -0.25) is 0 Å². The van der Waals surface area contributed by atoms with Gasteiger partial charge in [-0.15, -0.1) is 0 Å². The summed E-state index contributed by atoms with van der Waals surface area (Å²) in [6.07, 6.45) is -0.334.